The minimum Gasteiger partial charge on any atom is -0.494 e. The lowest BCUT2D eigenvalue weighted by atomic mass is 10.0. The first-order valence-electron chi connectivity index (χ1n) is 7.86. The number of furan rings is 1. The highest BCUT2D eigenvalue weighted by atomic mass is 16.5. The van der Waals surface area contributed by atoms with Crippen molar-refractivity contribution in [3.05, 3.63) is 64.5 Å². The van der Waals surface area contributed by atoms with Crippen LogP contribution in [0, 0.1) is 6.92 Å². The van der Waals surface area contributed by atoms with E-state index in [1.165, 1.54) is 6.07 Å². The molecule has 0 fully saturated rings. The van der Waals surface area contributed by atoms with Crippen molar-refractivity contribution in [2.24, 2.45) is 0 Å². The molecule has 0 amide bonds. The van der Waals surface area contributed by atoms with Crippen LogP contribution >= 0.6 is 0 Å². The van der Waals surface area contributed by atoms with E-state index >= 15 is 0 Å². The summed E-state index contributed by atoms with van der Waals surface area (Å²) in [5.41, 5.74) is 2.54. The smallest absolute Gasteiger partial charge is 0.336 e. The number of rotatable bonds is 3. The Morgan fingerprint density at radius 1 is 1.00 bits per heavy atom. The van der Waals surface area contributed by atoms with Gasteiger partial charge < -0.3 is 13.6 Å². The van der Waals surface area contributed by atoms with E-state index in [4.69, 9.17) is 13.6 Å². The quantitative estimate of drug-likeness (QED) is 0.503. The normalized spacial score (nSPS) is 11.2. The molecule has 0 aliphatic carbocycles. The summed E-state index contributed by atoms with van der Waals surface area (Å²) in [5.74, 6) is 1.41. The molecule has 4 aromatic rings. The van der Waals surface area contributed by atoms with Crippen LogP contribution in [0.1, 0.15) is 12.5 Å². The summed E-state index contributed by atoms with van der Waals surface area (Å²) >= 11 is 0. The van der Waals surface area contributed by atoms with Crippen LogP contribution in [0.5, 0.6) is 5.75 Å². The van der Waals surface area contributed by atoms with Gasteiger partial charge in [0.25, 0.3) is 0 Å². The van der Waals surface area contributed by atoms with Crippen molar-refractivity contribution in [1.29, 1.82) is 0 Å². The van der Waals surface area contributed by atoms with Crippen LogP contribution in [0.3, 0.4) is 0 Å². The molecule has 4 heteroatoms. The van der Waals surface area contributed by atoms with Crippen LogP contribution in [0.15, 0.2) is 62.2 Å². The fourth-order valence-corrected chi connectivity index (χ4v) is 2.92. The van der Waals surface area contributed by atoms with Crippen LogP contribution in [-0.2, 0) is 0 Å². The topological polar surface area (TPSA) is 52.6 Å². The maximum Gasteiger partial charge on any atom is 0.336 e. The van der Waals surface area contributed by atoms with Gasteiger partial charge in [-0.3, -0.25) is 0 Å². The van der Waals surface area contributed by atoms with Gasteiger partial charge in [-0.15, -0.1) is 0 Å². The Hall–Kier alpha value is -3.01. The van der Waals surface area contributed by atoms with Crippen molar-refractivity contribution >= 4 is 21.9 Å². The van der Waals surface area contributed by atoms with Gasteiger partial charge in [-0.1, -0.05) is 18.2 Å². The van der Waals surface area contributed by atoms with Crippen molar-refractivity contribution in [1.82, 2.24) is 0 Å². The average Bonchev–Trinajstić information content (AvgIpc) is 2.99. The fourth-order valence-electron chi connectivity index (χ4n) is 2.92. The van der Waals surface area contributed by atoms with Gasteiger partial charge in [-0.2, -0.15) is 0 Å². The maximum absolute atomic E-state index is 12.0. The molecule has 2 aromatic heterocycles. The van der Waals surface area contributed by atoms with Gasteiger partial charge in [0, 0.05) is 22.4 Å². The molecular weight excluding hydrogens is 304 g/mol. The van der Waals surface area contributed by atoms with Crippen molar-refractivity contribution < 1.29 is 13.6 Å². The van der Waals surface area contributed by atoms with Crippen LogP contribution in [0.25, 0.3) is 33.3 Å². The van der Waals surface area contributed by atoms with E-state index in [-0.39, 0.29) is 0 Å². The number of ether oxygens (including phenoxy) is 1. The molecule has 0 spiro atoms. The van der Waals surface area contributed by atoms with Gasteiger partial charge in [0.05, 0.1) is 6.61 Å². The molecule has 2 heterocycles. The molecule has 0 saturated heterocycles. The second-order valence-corrected chi connectivity index (χ2v) is 5.67. The summed E-state index contributed by atoms with van der Waals surface area (Å²) in [4.78, 5) is 12.0. The third-order valence-electron chi connectivity index (χ3n) is 4.03. The molecule has 24 heavy (non-hydrogen) atoms. The largest absolute Gasteiger partial charge is 0.494 e. The lowest BCUT2D eigenvalue weighted by Gasteiger charge is -2.10. The highest BCUT2D eigenvalue weighted by Crippen LogP contribution is 2.35. The van der Waals surface area contributed by atoms with E-state index in [0.29, 0.717) is 23.5 Å². The maximum atomic E-state index is 12.0. The minimum absolute atomic E-state index is 0.401. The molecule has 120 valence electrons. The minimum atomic E-state index is -0.401. The van der Waals surface area contributed by atoms with Gasteiger partial charge in [-0.25, -0.2) is 4.79 Å². The fraction of sp³-hybridized carbons (Fsp3) is 0.150. The number of hydrogen-bond donors (Lipinski definition) is 0. The van der Waals surface area contributed by atoms with Crippen molar-refractivity contribution in [3.8, 4) is 17.1 Å². The molecule has 0 N–H and O–H groups in total. The van der Waals surface area contributed by atoms with E-state index in [0.717, 1.165) is 27.7 Å². The molecule has 4 nitrogen and oxygen atoms in total. The van der Waals surface area contributed by atoms with Crippen molar-refractivity contribution in [2.45, 2.75) is 13.8 Å². The van der Waals surface area contributed by atoms with Crippen LogP contribution in [-0.4, -0.2) is 6.61 Å². The lowest BCUT2D eigenvalue weighted by molar-refractivity contribution is 0.338. The van der Waals surface area contributed by atoms with Gasteiger partial charge in [-0.05, 0) is 43.7 Å². The molecule has 2 aromatic carbocycles. The zero-order valence-electron chi connectivity index (χ0n) is 13.5. The molecule has 0 saturated carbocycles. The van der Waals surface area contributed by atoms with Gasteiger partial charge >= 0.3 is 5.63 Å². The zero-order chi connectivity index (χ0) is 16.7. The lowest BCUT2D eigenvalue weighted by Crippen LogP contribution is -2.00. The Balaban J connectivity index is 2.02. The predicted octanol–water partition coefficient (Wildman–Crippen LogP) is 4.91. The Morgan fingerprint density at radius 2 is 1.83 bits per heavy atom. The third-order valence-corrected chi connectivity index (χ3v) is 4.03. The molecule has 0 unspecified atom stereocenters. The van der Waals surface area contributed by atoms with E-state index in [2.05, 4.69) is 0 Å². The highest BCUT2D eigenvalue weighted by Gasteiger charge is 2.14. The summed E-state index contributed by atoms with van der Waals surface area (Å²) in [7, 11) is 0. The first-order chi connectivity index (χ1) is 11.7. The molecular formula is C20H16O4. The second-order valence-electron chi connectivity index (χ2n) is 5.67. The summed E-state index contributed by atoms with van der Waals surface area (Å²) in [5, 5.41) is 1.79. The number of para-hydroxylation sites is 1. The number of benzene rings is 2. The molecule has 4 rings (SSSR count). The van der Waals surface area contributed by atoms with Gasteiger partial charge in [0.1, 0.15) is 22.7 Å². The number of fused-ring (bicyclic) bond motifs is 2. The standard InChI is InChI=1S/C20H16O4/c1-3-22-17-10-14-15(11-20(21)24-18(14)8-12(17)2)19-9-13-6-4-5-7-16(13)23-19/h4-11H,3H2,1-2H3. The van der Waals surface area contributed by atoms with Crippen LogP contribution in [0.2, 0.25) is 0 Å². The Bertz CT molecular complexity index is 1070. The summed E-state index contributed by atoms with van der Waals surface area (Å²) in [6.07, 6.45) is 0. The van der Waals surface area contributed by atoms with Crippen molar-refractivity contribution in [2.75, 3.05) is 6.61 Å². The van der Waals surface area contributed by atoms with E-state index in [9.17, 15) is 4.79 Å². The number of hydrogen-bond acceptors (Lipinski definition) is 4. The Labute approximate surface area is 138 Å². The molecule has 0 aliphatic rings. The summed E-state index contributed by atoms with van der Waals surface area (Å²) < 4.78 is 17.0. The Kier molecular flexibility index (Phi) is 3.38. The van der Waals surface area contributed by atoms with Crippen molar-refractivity contribution in [3.63, 3.8) is 0 Å². The SMILES string of the molecule is CCOc1cc2c(-c3cc4ccccc4o3)cc(=O)oc2cc1C. The zero-order valence-corrected chi connectivity index (χ0v) is 13.5. The molecule has 0 radical (unpaired) electrons. The van der Waals surface area contributed by atoms with Crippen LogP contribution < -0.4 is 10.4 Å². The molecule has 0 aliphatic heterocycles. The number of aryl methyl sites for hydroxylation is 1. The highest BCUT2D eigenvalue weighted by molar-refractivity contribution is 5.95. The van der Waals surface area contributed by atoms with Gasteiger partial charge in [0.2, 0.25) is 0 Å². The van der Waals surface area contributed by atoms with E-state index in [1.807, 2.05) is 56.3 Å². The predicted molar refractivity (Wildman–Crippen MR) is 93.6 cm³/mol. The van der Waals surface area contributed by atoms with E-state index < -0.39 is 5.63 Å². The summed E-state index contributed by atoms with van der Waals surface area (Å²) in [6.45, 7) is 4.44. The average molecular weight is 320 g/mol. The van der Waals surface area contributed by atoms with Gasteiger partial charge in [0.15, 0.2) is 0 Å². The second kappa shape index (κ2) is 5.57. The first-order valence-corrected chi connectivity index (χ1v) is 7.86. The van der Waals surface area contributed by atoms with E-state index in [1.54, 1.807) is 0 Å². The third kappa shape index (κ3) is 2.36. The monoisotopic (exact) mass is 320 g/mol. The Morgan fingerprint density at radius 3 is 2.62 bits per heavy atom. The molecule has 0 atom stereocenters. The summed E-state index contributed by atoms with van der Waals surface area (Å²) in [6, 6.07) is 14.9. The molecule has 0 bridgehead atoms. The first kappa shape index (κ1) is 14.6. The van der Waals surface area contributed by atoms with Crippen LogP contribution in [0.4, 0.5) is 0 Å².